The molecule has 0 bridgehead atoms. The Labute approximate surface area is 266 Å². The average Bonchev–Trinajstić information content (AvgIpc) is 3.01. The fraction of sp³-hybridized carbons (Fsp3) is 0.424. The van der Waals surface area contributed by atoms with Crippen LogP contribution in [0.4, 0.5) is 13.6 Å². The second-order valence-electron chi connectivity index (χ2n) is 11.4. The summed E-state index contributed by atoms with van der Waals surface area (Å²) in [6.07, 6.45) is 3.89. The van der Waals surface area contributed by atoms with Crippen LogP contribution in [0.15, 0.2) is 60.7 Å². The number of amides is 5. The molecule has 0 aromatic heterocycles. The molecule has 0 aliphatic carbocycles. The number of halogens is 2. The van der Waals surface area contributed by atoms with E-state index in [1.807, 2.05) is 0 Å². The average molecular weight is 642 g/mol. The number of esters is 1. The SMILES string of the molecule is COC(=O)[C@@H](NC(=O)N[C@@H](Cc1ccccc1F)C(=O)N[C@H]1CCCCNC(=O)/C=C/[C@H](Cc2cccc(F)c2)NC1=O)C(C)C. The molecule has 0 fully saturated rings. The molecular weight excluding hydrogens is 600 g/mol. The lowest BCUT2D eigenvalue weighted by Crippen LogP contribution is -2.58. The maximum Gasteiger partial charge on any atom is 0.328 e. The smallest absolute Gasteiger partial charge is 0.328 e. The van der Waals surface area contributed by atoms with E-state index in [4.69, 9.17) is 4.74 Å². The highest BCUT2D eigenvalue weighted by molar-refractivity contribution is 5.93. The highest BCUT2D eigenvalue weighted by Crippen LogP contribution is 2.13. The van der Waals surface area contributed by atoms with Crippen molar-refractivity contribution in [1.29, 1.82) is 0 Å². The first kappa shape index (κ1) is 35.7. The minimum absolute atomic E-state index is 0.149. The molecule has 46 heavy (non-hydrogen) atoms. The monoisotopic (exact) mass is 641 g/mol. The lowest BCUT2D eigenvalue weighted by atomic mass is 10.0. The lowest BCUT2D eigenvalue weighted by molar-refractivity contribution is -0.144. The number of rotatable bonds is 10. The van der Waals surface area contributed by atoms with E-state index in [0.29, 0.717) is 24.9 Å². The first-order chi connectivity index (χ1) is 22.0. The topological polar surface area (TPSA) is 155 Å². The van der Waals surface area contributed by atoms with Crippen LogP contribution in [-0.2, 0) is 36.8 Å². The number of urea groups is 1. The van der Waals surface area contributed by atoms with Gasteiger partial charge in [0.1, 0.15) is 29.8 Å². The Morgan fingerprint density at radius 2 is 1.78 bits per heavy atom. The van der Waals surface area contributed by atoms with Crippen molar-refractivity contribution < 1.29 is 37.5 Å². The Kier molecular flexibility index (Phi) is 13.7. The highest BCUT2D eigenvalue weighted by atomic mass is 19.1. The van der Waals surface area contributed by atoms with Gasteiger partial charge < -0.3 is 31.3 Å². The van der Waals surface area contributed by atoms with Crippen LogP contribution in [-0.4, -0.2) is 67.5 Å². The van der Waals surface area contributed by atoms with Crippen molar-refractivity contribution in [1.82, 2.24) is 26.6 Å². The first-order valence-corrected chi connectivity index (χ1v) is 15.2. The zero-order chi connectivity index (χ0) is 33.6. The van der Waals surface area contributed by atoms with Crippen LogP contribution >= 0.6 is 0 Å². The summed E-state index contributed by atoms with van der Waals surface area (Å²) in [5, 5.41) is 13.3. The minimum Gasteiger partial charge on any atom is -0.467 e. The molecule has 0 saturated carbocycles. The number of methoxy groups -OCH3 is 1. The number of nitrogens with one attached hydrogen (secondary N) is 5. The molecule has 4 atom stereocenters. The third-order valence-electron chi connectivity index (χ3n) is 7.42. The Morgan fingerprint density at radius 3 is 2.48 bits per heavy atom. The Morgan fingerprint density at radius 1 is 1.02 bits per heavy atom. The molecule has 5 amide bonds. The Bertz CT molecular complexity index is 1420. The van der Waals surface area contributed by atoms with Gasteiger partial charge in [0.2, 0.25) is 17.7 Å². The maximum atomic E-state index is 14.6. The van der Waals surface area contributed by atoms with E-state index in [9.17, 15) is 32.8 Å². The molecule has 1 aliphatic rings. The van der Waals surface area contributed by atoms with Crippen molar-refractivity contribution in [2.45, 2.75) is 70.1 Å². The molecule has 2 aromatic carbocycles. The molecule has 11 nitrogen and oxygen atoms in total. The van der Waals surface area contributed by atoms with Crippen molar-refractivity contribution in [3.05, 3.63) is 83.4 Å². The standard InChI is InChI=1S/C33H41F2N5O6/c1-20(2)29(32(44)46-3)40-33(45)39-27(19-22-10-4-5-12-25(22)35)31(43)38-26-13-6-7-16-36-28(41)15-14-24(37-30(26)42)18-21-9-8-11-23(34)17-21/h4-5,8-12,14-15,17,20,24,26-27,29H,6-7,13,16,18-19H2,1-3H3,(H,36,41)(H,37,42)(H,38,43)(H2,39,40,45)/b15-14+/t24-,26+,27+,29+/m1/s1. The van der Waals surface area contributed by atoms with E-state index in [2.05, 4.69) is 26.6 Å². The molecule has 0 saturated heterocycles. The summed E-state index contributed by atoms with van der Waals surface area (Å²) in [6, 6.07) is 6.63. The summed E-state index contributed by atoms with van der Waals surface area (Å²) in [4.78, 5) is 64.6. The van der Waals surface area contributed by atoms with Crippen LogP contribution in [0.5, 0.6) is 0 Å². The van der Waals surface area contributed by atoms with Crippen LogP contribution in [0.25, 0.3) is 0 Å². The zero-order valence-electron chi connectivity index (χ0n) is 26.1. The molecular formula is C33H41F2N5O6. The number of hydrogen-bond acceptors (Lipinski definition) is 6. The first-order valence-electron chi connectivity index (χ1n) is 15.2. The summed E-state index contributed by atoms with van der Waals surface area (Å²) in [5.41, 5.74) is 0.727. The van der Waals surface area contributed by atoms with Crippen LogP contribution in [0.3, 0.4) is 0 Å². The predicted octanol–water partition coefficient (Wildman–Crippen LogP) is 2.44. The van der Waals surface area contributed by atoms with Gasteiger partial charge in [-0.05, 0) is 60.9 Å². The Hall–Kier alpha value is -4.81. The van der Waals surface area contributed by atoms with Gasteiger partial charge >= 0.3 is 12.0 Å². The summed E-state index contributed by atoms with van der Waals surface area (Å²) >= 11 is 0. The van der Waals surface area contributed by atoms with Crippen LogP contribution in [0.1, 0.15) is 44.2 Å². The van der Waals surface area contributed by atoms with Gasteiger partial charge in [0.05, 0.1) is 13.2 Å². The lowest BCUT2D eigenvalue weighted by Gasteiger charge is -2.26. The number of carbonyl (C=O) groups is 5. The van der Waals surface area contributed by atoms with Crippen molar-refractivity contribution >= 4 is 29.7 Å². The molecule has 1 heterocycles. The van der Waals surface area contributed by atoms with E-state index in [1.54, 1.807) is 26.0 Å². The number of ether oxygens (including phenoxy) is 1. The summed E-state index contributed by atoms with van der Waals surface area (Å²) in [5.74, 6) is -3.70. The normalized spacial score (nSPS) is 19.3. The molecule has 5 N–H and O–H groups in total. The second-order valence-corrected chi connectivity index (χ2v) is 11.4. The van der Waals surface area contributed by atoms with Crippen molar-refractivity contribution in [3.8, 4) is 0 Å². The third-order valence-corrected chi connectivity index (χ3v) is 7.42. The summed E-state index contributed by atoms with van der Waals surface area (Å²) in [6.45, 7) is 3.75. The summed E-state index contributed by atoms with van der Waals surface area (Å²) in [7, 11) is 1.19. The number of hydrogen-bond donors (Lipinski definition) is 5. The summed E-state index contributed by atoms with van der Waals surface area (Å²) < 4.78 is 33.2. The second kappa shape index (κ2) is 17.6. The van der Waals surface area contributed by atoms with Gasteiger partial charge in [0, 0.05) is 19.0 Å². The molecule has 0 spiro atoms. The van der Waals surface area contributed by atoms with Gasteiger partial charge in [-0.15, -0.1) is 0 Å². The number of benzene rings is 2. The zero-order valence-corrected chi connectivity index (χ0v) is 26.1. The Balaban J connectivity index is 1.83. The van der Waals surface area contributed by atoms with E-state index in [0.717, 1.165) is 0 Å². The molecule has 3 rings (SSSR count). The molecule has 248 valence electrons. The molecule has 0 unspecified atom stereocenters. The fourth-order valence-corrected chi connectivity index (χ4v) is 4.92. The predicted molar refractivity (Wildman–Crippen MR) is 166 cm³/mol. The maximum absolute atomic E-state index is 14.6. The van der Waals surface area contributed by atoms with Crippen LogP contribution < -0.4 is 26.6 Å². The molecule has 1 aliphatic heterocycles. The van der Waals surface area contributed by atoms with Gasteiger partial charge in [-0.1, -0.05) is 50.3 Å². The van der Waals surface area contributed by atoms with Crippen LogP contribution in [0, 0.1) is 17.6 Å². The minimum atomic E-state index is -1.33. The third kappa shape index (κ3) is 11.3. The van der Waals surface area contributed by atoms with E-state index in [1.165, 1.54) is 55.7 Å². The number of carbonyl (C=O) groups excluding carboxylic acids is 5. The van der Waals surface area contributed by atoms with Gasteiger partial charge in [0.15, 0.2) is 0 Å². The molecule has 2 aromatic rings. The molecule has 13 heteroatoms. The quantitative estimate of drug-likeness (QED) is 0.251. The van der Waals surface area contributed by atoms with E-state index < -0.39 is 59.6 Å². The van der Waals surface area contributed by atoms with Crippen LogP contribution in [0.2, 0.25) is 0 Å². The van der Waals surface area contributed by atoms with Gasteiger partial charge in [-0.3, -0.25) is 14.4 Å². The van der Waals surface area contributed by atoms with Crippen molar-refractivity contribution in [3.63, 3.8) is 0 Å². The molecule has 0 radical (unpaired) electrons. The van der Waals surface area contributed by atoms with Crippen molar-refractivity contribution in [2.24, 2.45) is 5.92 Å². The van der Waals surface area contributed by atoms with Gasteiger partial charge in [-0.25, -0.2) is 18.4 Å². The fourth-order valence-electron chi connectivity index (χ4n) is 4.92. The van der Waals surface area contributed by atoms with E-state index in [-0.39, 0.29) is 36.7 Å². The van der Waals surface area contributed by atoms with Gasteiger partial charge in [-0.2, -0.15) is 0 Å². The highest BCUT2D eigenvalue weighted by Gasteiger charge is 2.31. The largest absolute Gasteiger partial charge is 0.467 e. The van der Waals surface area contributed by atoms with E-state index >= 15 is 0 Å². The van der Waals surface area contributed by atoms with Crippen molar-refractivity contribution in [2.75, 3.05) is 13.7 Å². The van der Waals surface area contributed by atoms with Gasteiger partial charge in [0.25, 0.3) is 0 Å².